The topological polar surface area (TPSA) is 58.5 Å². The first kappa shape index (κ1) is 13.4. The largest absolute Gasteiger partial charge is 0.385 e. The molecular weight excluding hydrogens is 216 g/mol. The van der Waals surface area contributed by atoms with Gasteiger partial charge in [-0.1, -0.05) is 6.07 Å². The van der Waals surface area contributed by atoms with E-state index in [1.807, 2.05) is 18.2 Å². The molecule has 0 saturated carbocycles. The van der Waals surface area contributed by atoms with Crippen LogP contribution in [-0.2, 0) is 11.3 Å². The third-order valence-corrected chi connectivity index (χ3v) is 2.20. The standard InChI is InChI=1S/C12H20N4O/c1-13-12(15-8-5-9-17-2)16-10-11-6-3-4-7-14-11/h3-4,6-7H,5,8-10H2,1-2H3,(H2,13,15,16). The molecule has 0 unspecified atom stereocenters. The zero-order valence-corrected chi connectivity index (χ0v) is 10.4. The summed E-state index contributed by atoms with van der Waals surface area (Å²) in [6.07, 6.45) is 2.74. The number of guanidine groups is 1. The highest BCUT2D eigenvalue weighted by Crippen LogP contribution is 1.91. The Morgan fingerprint density at radius 1 is 1.41 bits per heavy atom. The van der Waals surface area contributed by atoms with Gasteiger partial charge in [0.05, 0.1) is 12.2 Å². The fourth-order valence-electron chi connectivity index (χ4n) is 1.32. The second-order valence-corrected chi connectivity index (χ2v) is 3.52. The molecule has 0 aromatic carbocycles. The number of aliphatic imine (C=N–C) groups is 1. The third-order valence-electron chi connectivity index (χ3n) is 2.20. The molecule has 2 N–H and O–H groups in total. The van der Waals surface area contributed by atoms with Crippen molar-refractivity contribution < 1.29 is 4.74 Å². The monoisotopic (exact) mass is 236 g/mol. The average molecular weight is 236 g/mol. The Bertz CT molecular complexity index is 327. The number of hydrogen-bond donors (Lipinski definition) is 2. The van der Waals surface area contributed by atoms with E-state index < -0.39 is 0 Å². The molecule has 17 heavy (non-hydrogen) atoms. The molecule has 0 saturated heterocycles. The molecule has 0 bridgehead atoms. The number of rotatable bonds is 6. The second-order valence-electron chi connectivity index (χ2n) is 3.52. The van der Waals surface area contributed by atoms with Gasteiger partial charge in [-0.25, -0.2) is 0 Å². The van der Waals surface area contributed by atoms with Gasteiger partial charge in [-0.05, 0) is 18.6 Å². The van der Waals surface area contributed by atoms with E-state index in [-0.39, 0.29) is 0 Å². The summed E-state index contributed by atoms with van der Waals surface area (Å²) < 4.78 is 4.98. The number of nitrogens with one attached hydrogen (secondary N) is 2. The third kappa shape index (κ3) is 5.87. The van der Waals surface area contributed by atoms with Gasteiger partial charge in [0, 0.05) is 33.5 Å². The first-order chi connectivity index (χ1) is 8.36. The second kappa shape index (κ2) is 8.52. The maximum Gasteiger partial charge on any atom is 0.191 e. The predicted octanol–water partition coefficient (Wildman–Crippen LogP) is 0.783. The van der Waals surface area contributed by atoms with Gasteiger partial charge in [-0.15, -0.1) is 0 Å². The van der Waals surface area contributed by atoms with Gasteiger partial charge < -0.3 is 15.4 Å². The van der Waals surface area contributed by atoms with Crippen LogP contribution in [0.5, 0.6) is 0 Å². The number of methoxy groups -OCH3 is 1. The molecule has 1 aromatic rings. The summed E-state index contributed by atoms with van der Waals surface area (Å²) in [5.74, 6) is 0.784. The molecule has 0 fully saturated rings. The zero-order chi connectivity index (χ0) is 12.3. The minimum atomic E-state index is 0.671. The van der Waals surface area contributed by atoms with Gasteiger partial charge >= 0.3 is 0 Å². The van der Waals surface area contributed by atoms with Crippen LogP contribution in [0.25, 0.3) is 0 Å². The maximum atomic E-state index is 4.98. The lowest BCUT2D eigenvalue weighted by atomic mass is 10.3. The Kier molecular flexibility index (Phi) is 6.74. The smallest absolute Gasteiger partial charge is 0.191 e. The van der Waals surface area contributed by atoms with Gasteiger partial charge in [0.25, 0.3) is 0 Å². The van der Waals surface area contributed by atoms with E-state index in [1.165, 1.54) is 0 Å². The quantitative estimate of drug-likeness (QED) is 0.435. The van der Waals surface area contributed by atoms with E-state index in [1.54, 1.807) is 20.4 Å². The van der Waals surface area contributed by atoms with Crippen molar-refractivity contribution in [2.45, 2.75) is 13.0 Å². The van der Waals surface area contributed by atoms with Crippen molar-refractivity contribution in [2.75, 3.05) is 27.3 Å². The van der Waals surface area contributed by atoms with Crippen LogP contribution < -0.4 is 10.6 Å². The molecule has 0 spiro atoms. The lowest BCUT2D eigenvalue weighted by Gasteiger charge is -2.11. The minimum Gasteiger partial charge on any atom is -0.385 e. The molecule has 1 heterocycles. The van der Waals surface area contributed by atoms with Crippen LogP contribution in [0.4, 0.5) is 0 Å². The number of ether oxygens (including phenoxy) is 1. The number of pyridine rings is 1. The molecule has 1 aromatic heterocycles. The van der Waals surface area contributed by atoms with E-state index >= 15 is 0 Å². The van der Waals surface area contributed by atoms with Crippen LogP contribution in [0.3, 0.4) is 0 Å². The van der Waals surface area contributed by atoms with E-state index in [2.05, 4.69) is 20.6 Å². The number of aromatic nitrogens is 1. The lowest BCUT2D eigenvalue weighted by molar-refractivity contribution is 0.195. The maximum absolute atomic E-state index is 4.98. The summed E-state index contributed by atoms with van der Waals surface area (Å²) in [5, 5.41) is 6.40. The van der Waals surface area contributed by atoms with Crippen LogP contribution in [0, 0.1) is 0 Å². The number of hydrogen-bond acceptors (Lipinski definition) is 3. The normalized spacial score (nSPS) is 11.3. The van der Waals surface area contributed by atoms with Crippen LogP contribution in [0.15, 0.2) is 29.4 Å². The summed E-state index contributed by atoms with van der Waals surface area (Å²) >= 11 is 0. The van der Waals surface area contributed by atoms with E-state index in [9.17, 15) is 0 Å². The summed E-state index contributed by atoms with van der Waals surface area (Å²) in [6, 6.07) is 5.85. The van der Waals surface area contributed by atoms with Gasteiger partial charge in [0.2, 0.25) is 0 Å². The highest BCUT2D eigenvalue weighted by Gasteiger charge is 1.97. The van der Waals surface area contributed by atoms with E-state index in [0.29, 0.717) is 6.54 Å². The molecule has 0 atom stereocenters. The first-order valence-corrected chi connectivity index (χ1v) is 5.70. The molecule has 0 aliphatic carbocycles. The van der Waals surface area contributed by atoms with Crippen molar-refractivity contribution >= 4 is 5.96 Å². The van der Waals surface area contributed by atoms with Crippen LogP contribution in [-0.4, -0.2) is 38.3 Å². The average Bonchev–Trinajstić information content (AvgIpc) is 2.39. The Morgan fingerprint density at radius 3 is 2.94 bits per heavy atom. The summed E-state index contributed by atoms with van der Waals surface area (Å²) in [6.45, 7) is 2.27. The predicted molar refractivity (Wildman–Crippen MR) is 68.9 cm³/mol. The Morgan fingerprint density at radius 2 is 2.29 bits per heavy atom. The molecule has 5 heteroatoms. The Balaban J connectivity index is 2.24. The highest BCUT2D eigenvalue weighted by atomic mass is 16.5. The molecule has 0 radical (unpaired) electrons. The van der Waals surface area contributed by atoms with Gasteiger partial charge in [0.15, 0.2) is 5.96 Å². The van der Waals surface area contributed by atoms with Crippen LogP contribution >= 0.6 is 0 Å². The molecule has 0 amide bonds. The number of nitrogens with zero attached hydrogens (tertiary/aromatic N) is 2. The molecule has 1 rings (SSSR count). The van der Waals surface area contributed by atoms with Crippen molar-refractivity contribution in [1.29, 1.82) is 0 Å². The molecule has 0 aliphatic rings. The van der Waals surface area contributed by atoms with Crippen molar-refractivity contribution in [3.63, 3.8) is 0 Å². The Hall–Kier alpha value is -1.62. The van der Waals surface area contributed by atoms with Gasteiger partial charge in [0.1, 0.15) is 0 Å². The fourth-order valence-corrected chi connectivity index (χ4v) is 1.32. The Labute approximate surface area is 102 Å². The summed E-state index contributed by atoms with van der Waals surface area (Å²) in [4.78, 5) is 8.36. The minimum absolute atomic E-state index is 0.671. The van der Waals surface area contributed by atoms with Crippen LogP contribution in [0.1, 0.15) is 12.1 Å². The highest BCUT2D eigenvalue weighted by molar-refractivity contribution is 5.79. The van der Waals surface area contributed by atoms with Gasteiger partial charge in [-0.3, -0.25) is 9.98 Å². The van der Waals surface area contributed by atoms with Crippen molar-refractivity contribution in [3.05, 3.63) is 30.1 Å². The van der Waals surface area contributed by atoms with Crippen molar-refractivity contribution in [3.8, 4) is 0 Å². The van der Waals surface area contributed by atoms with Crippen molar-refractivity contribution in [2.24, 2.45) is 4.99 Å². The summed E-state index contributed by atoms with van der Waals surface area (Å²) in [7, 11) is 3.46. The molecule has 0 aliphatic heterocycles. The lowest BCUT2D eigenvalue weighted by Crippen LogP contribution is -2.37. The SMILES string of the molecule is CN=C(NCCCOC)NCc1ccccn1. The molecule has 5 nitrogen and oxygen atoms in total. The first-order valence-electron chi connectivity index (χ1n) is 5.70. The molecule has 94 valence electrons. The van der Waals surface area contributed by atoms with E-state index in [0.717, 1.165) is 31.2 Å². The zero-order valence-electron chi connectivity index (χ0n) is 10.4. The van der Waals surface area contributed by atoms with Crippen LogP contribution in [0.2, 0.25) is 0 Å². The van der Waals surface area contributed by atoms with E-state index in [4.69, 9.17) is 4.74 Å². The van der Waals surface area contributed by atoms with Gasteiger partial charge in [-0.2, -0.15) is 0 Å². The molecular formula is C12H20N4O. The fraction of sp³-hybridized carbons (Fsp3) is 0.500. The van der Waals surface area contributed by atoms with Crippen molar-refractivity contribution in [1.82, 2.24) is 15.6 Å². The summed E-state index contributed by atoms with van der Waals surface area (Å²) in [5.41, 5.74) is 0.993.